The van der Waals surface area contributed by atoms with Crippen LogP contribution in [-0.4, -0.2) is 61.0 Å². The molecule has 21 heavy (non-hydrogen) atoms. The zero-order valence-electron chi connectivity index (χ0n) is 13.1. The minimum absolute atomic E-state index is 0. The minimum Gasteiger partial charge on any atom is -0.373 e. The van der Waals surface area contributed by atoms with Gasteiger partial charge in [-0.1, -0.05) is 6.42 Å². The average molecular weight is 342 g/mol. The number of piperidine rings is 1. The Morgan fingerprint density at radius 3 is 2.29 bits per heavy atom. The molecule has 2 aliphatic rings. The molecule has 4 unspecified atom stereocenters. The molecule has 0 aliphatic carbocycles. The smallest absolute Gasteiger partial charge is 0.282 e. The van der Waals surface area contributed by atoms with Gasteiger partial charge < -0.3 is 10.5 Å². The fourth-order valence-electron chi connectivity index (χ4n) is 3.21. The van der Waals surface area contributed by atoms with Gasteiger partial charge in [0.25, 0.3) is 10.2 Å². The van der Waals surface area contributed by atoms with Crippen LogP contribution in [0.3, 0.4) is 0 Å². The highest BCUT2D eigenvalue weighted by Crippen LogP contribution is 2.26. The summed E-state index contributed by atoms with van der Waals surface area (Å²) in [5.41, 5.74) is 5.99. The van der Waals surface area contributed by atoms with Gasteiger partial charge in [-0.25, -0.2) is 0 Å². The molecular formula is C13H28ClN3O3S. The number of hydrogen-bond acceptors (Lipinski definition) is 4. The lowest BCUT2D eigenvalue weighted by molar-refractivity contribution is -0.0460. The predicted octanol–water partition coefficient (Wildman–Crippen LogP) is 0.964. The van der Waals surface area contributed by atoms with Crippen molar-refractivity contribution in [1.29, 1.82) is 0 Å². The van der Waals surface area contributed by atoms with E-state index in [4.69, 9.17) is 10.5 Å². The summed E-state index contributed by atoms with van der Waals surface area (Å²) in [7, 11) is -3.44. The molecule has 2 fully saturated rings. The maximum absolute atomic E-state index is 12.9. The topological polar surface area (TPSA) is 75.9 Å². The van der Waals surface area contributed by atoms with Crippen LogP contribution in [-0.2, 0) is 14.9 Å². The highest BCUT2D eigenvalue weighted by Gasteiger charge is 2.40. The van der Waals surface area contributed by atoms with Crippen molar-refractivity contribution < 1.29 is 13.2 Å². The summed E-state index contributed by atoms with van der Waals surface area (Å²) < 4.78 is 34.6. The van der Waals surface area contributed by atoms with Crippen molar-refractivity contribution in [1.82, 2.24) is 8.61 Å². The summed E-state index contributed by atoms with van der Waals surface area (Å²) in [6, 6.07) is -0.219. The van der Waals surface area contributed by atoms with Crippen molar-refractivity contribution >= 4 is 22.6 Å². The maximum atomic E-state index is 12.9. The number of hydrogen-bond donors (Lipinski definition) is 1. The van der Waals surface area contributed by atoms with Crippen molar-refractivity contribution in [2.24, 2.45) is 5.73 Å². The molecule has 6 nitrogen and oxygen atoms in total. The summed E-state index contributed by atoms with van der Waals surface area (Å²) in [5, 5.41) is 0. The Morgan fingerprint density at radius 1 is 1.19 bits per heavy atom. The first kappa shape index (κ1) is 19.1. The molecule has 0 bridgehead atoms. The van der Waals surface area contributed by atoms with Crippen molar-refractivity contribution in [2.75, 3.05) is 19.6 Å². The monoisotopic (exact) mass is 341 g/mol. The van der Waals surface area contributed by atoms with Crippen LogP contribution in [0.1, 0.15) is 40.0 Å². The molecule has 2 saturated heterocycles. The highest BCUT2D eigenvalue weighted by molar-refractivity contribution is 7.86. The van der Waals surface area contributed by atoms with Crippen LogP contribution in [0.15, 0.2) is 0 Å². The van der Waals surface area contributed by atoms with Crippen molar-refractivity contribution in [3.63, 3.8) is 0 Å². The molecule has 2 N–H and O–H groups in total. The van der Waals surface area contributed by atoms with E-state index in [0.29, 0.717) is 19.6 Å². The second-order valence-electron chi connectivity index (χ2n) is 6.12. The third-order valence-electron chi connectivity index (χ3n) is 4.11. The first-order valence-corrected chi connectivity index (χ1v) is 8.90. The van der Waals surface area contributed by atoms with Gasteiger partial charge in [0.2, 0.25) is 0 Å². The van der Waals surface area contributed by atoms with E-state index in [0.717, 1.165) is 19.3 Å². The van der Waals surface area contributed by atoms with Crippen LogP contribution in [0.25, 0.3) is 0 Å². The van der Waals surface area contributed by atoms with Crippen LogP contribution in [0.4, 0.5) is 0 Å². The van der Waals surface area contributed by atoms with E-state index < -0.39 is 10.2 Å². The van der Waals surface area contributed by atoms with Crippen LogP contribution in [0.2, 0.25) is 0 Å². The number of morpholine rings is 1. The lowest BCUT2D eigenvalue weighted by Gasteiger charge is -2.42. The minimum atomic E-state index is -3.44. The zero-order chi connectivity index (χ0) is 14.9. The molecule has 0 radical (unpaired) electrons. The highest BCUT2D eigenvalue weighted by atomic mass is 35.5. The van der Waals surface area contributed by atoms with E-state index in [-0.39, 0.29) is 36.7 Å². The molecule has 0 aromatic rings. The van der Waals surface area contributed by atoms with E-state index in [9.17, 15) is 8.42 Å². The zero-order valence-corrected chi connectivity index (χ0v) is 14.7. The first-order valence-electron chi connectivity index (χ1n) is 7.50. The van der Waals surface area contributed by atoms with Gasteiger partial charge >= 0.3 is 0 Å². The second-order valence-corrected chi connectivity index (χ2v) is 8.00. The summed E-state index contributed by atoms with van der Waals surface area (Å²) >= 11 is 0. The average Bonchev–Trinajstić information content (AvgIpc) is 2.37. The first-order chi connectivity index (χ1) is 9.32. The lowest BCUT2D eigenvalue weighted by atomic mass is 10.00. The van der Waals surface area contributed by atoms with Gasteiger partial charge in [-0.3, -0.25) is 0 Å². The Bertz CT molecular complexity index is 422. The van der Waals surface area contributed by atoms with Gasteiger partial charge in [0, 0.05) is 31.7 Å². The quantitative estimate of drug-likeness (QED) is 0.829. The van der Waals surface area contributed by atoms with E-state index >= 15 is 0 Å². The van der Waals surface area contributed by atoms with E-state index in [2.05, 4.69) is 0 Å². The molecule has 0 spiro atoms. The SMILES string of the molecule is CC1CN(S(=O)(=O)N2CCCCC2C(C)N)CC(C)O1.Cl. The van der Waals surface area contributed by atoms with Gasteiger partial charge in [0.1, 0.15) is 0 Å². The number of halogens is 1. The Labute approximate surface area is 134 Å². The van der Waals surface area contributed by atoms with E-state index in [1.807, 2.05) is 20.8 Å². The molecule has 126 valence electrons. The van der Waals surface area contributed by atoms with Gasteiger partial charge in [0.15, 0.2) is 0 Å². The summed E-state index contributed by atoms with van der Waals surface area (Å²) in [4.78, 5) is 0. The Morgan fingerprint density at radius 2 is 1.76 bits per heavy atom. The fraction of sp³-hybridized carbons (Fsp3) is 1.00. The van der Waals surface area contributed by atoms with Crippen LogP contribution in [0.5, 0.6) is 0 Å². The molecule has 2 heterocycles. The number of nitrogens with zero attached hydrogens (tertiary/aromatic N) is 2. The maximum Gasteiger partial charge on any atom is 0.282 e. The predicted molar refractivity (Wildman–Crippen MR) is 85.7 cm³/mol. The number of ether oxygens (including phenoxy) is 1. The Hall–Kier alpha value is 0.0800. The van der Waals surface area contributed by atoms with Crippen molar-refractivity contribution in [2.45, 2.75) is 64.3 Å². The largest absolute Gasteiger partial charge is 0.373 e. The van der Waals surface area contributed by atoms with Crippen LogP contribution in [0, 0.1) is 0 Å². The molecular weight excluding hydrogens is 314 g/mol. The number of nitrogens with two attached hydrogens (primary N) is 1. The molecule has 0 saturated carbocycles. The van der Waals surface area contributed by atoms with Crippen LogP contribution >= 0.6 is 12.4 Å². The third kappa shape index (κ3) is 4.30. The molecule has 0 amide bonds. The molecule has 0 aromatic heterocycles. The van der Waals surface area contributed by atoms with E-state index in [1.54, 1.807) is 8.61 Å². The molecule has 0 aromatic carbocycles. The van der Waals surface area contributed by atoms with Crippen molar-refractivity contribution in [3.8, 4) is 0 Å². The summed E-state index contributed by atoms with van der Waals surface area (Å²) in [6.07, 6.45) is 2.69. The van der Waals surface area contributed by atoms with Gasteiger partial charge in [-0.05, 0) is 33.6 Å². The van der Waals surface area contributed by atoms with Gasteiger partial charge in [-0.15, -0.1) is 12.4 Å². The lowest BCUT2D eigenvalue weighted by Crippen LogP contribution is -2.59. The molecule has 4 atom stereocenters. The normalized spacial score (nSPS) is 34.2. The van der Waals surface area contributed by atoms with Crippen LogP contribution < -0.4 is 5.73 Å². The van der Waals surface area contributed by atoms with Gasteiger partial charge in [-0.2, -0.15) is 17.0 Å². The second kappa shape index (κ2) is 7.57. The Kier molecular flexibility index (Phi) is 6.89. The Balaban J connectivity index is 0.00000220. The summed E-state index contributed by atoms with van der Waals surface area (Å²) in [5.74, 6) is 0. The van der Waals surface area contributed by atoms with Crippen molar-refractivity contribution in [3.05, 3.63) is 0 Å². The molecule has 2 aliphatic heterocycles. The standard InChI is InChI=1S/C13H27N3O3S.ClH/c1-10-8-15(9-11(2)19-10)20(17,18)16-7-5-4-6-13(16)12(3)14;/h10-13H,4-9,14H2,1-3H3;1H. The molecule has 2 rings (SSSR count). The summed E-state index contributed by atoms with van der Waals surface area (Å²) in [6.45, 7) is 7.15. The number of rotatable bonds is 3. The van der Waals surface area contributed by atoms with E-state index in [1.165, 1.54) is 0 Å². The van der Waals surface area contributed by atoms with Gasteiger partial charge in [0.05, 0.1) is 12.2 Å². The fourth-order valence-corrected chi connectivity index (χ4v) is 5.30. The third-order valence-corrected chi connectivity index (χ3v) is 6.11. The molecule has 8 heteroatoms.